The largest absolute Gasteiger partial charge is 2.00 e. The number of likely N-dealkylation sites (N-methyl/N-ethyl adjacent to an activating group) is 1. The monoisotopic (exact) mass is 809 g/mol. The van der Waals surface area contributed by atoms with Crippen LogP contribution in [0.4, 0.5) is 0 Å². The Morgan fingerprint density at radius 3 is 1.37 bits per heavy atom. The van der Waals surface area contributed by atoms with E-state index in [0.29, 0.717) is 18.8 Å². The molecule has 0 saturated carbocycles. The molecule has 1 heterocycles. The van der Waals surface area contributed by atoms with Crippen LogP contribution in [0.5, 0.6) is 5.75 Å². The van der Waals surface area contributed by atoms with Crippen molar-refractivity contribution in [2.75, 3.05) is 25.4 Å². The molecule has 5 nitrogen and oxygen atoms in total. The Balaban J connectivity index is 0.000000308. The first-order valence-electron chi connectivity index (χ1n) is 17.2. The average Bonchev–Trinajstić information content (AvgIpc) is 3.46. The Morgan fingerprint density at radius 1 is 0.667 bits per heavy atom. The van der Waals surface area contributed by atoms with E-state index < -0.39 is 21.6 Å². The van der Waals surface area contributed by atoms with Gasteiger partial charge in [0.15, 0.2) is 5.79 Å². The minimum absolute atomic E-state index is 0. The fourth-order valence-electron chi connectivity index (χ4n) is 5.90. The zero-order valence-electron chi connectivity index (χ0n) is 29.7. The van der Waals surface area contributed by atoms with Gasteiger partial charge in [-0.15, -0.1) is 18.7 Å². The molecule has 0 radical (unpaired) electrons. The molecule has 0 spiro atoms. The molecule has 268 valence electrons. The van der Waals surface area contributed by atoms with Crippen LogP contribution in [0.15, 0.2) is 146 Å². The SMILES string of the molecule is CC1(C)O[C@H](CP(c2ccccc2)c2ccccc2)[C@@H](CP(c2ccccc2)c2ccccc2)O1.CCN(CC)C(=O)[CH-]Oc1[c-]cccc1.[Pd+2]. The normalized spacial score (nSPS) is 16.0. The summed E-state index contributed by atoms with van der Waals surface area (Å²) >= 11 is 0. The van der Waals surface area contributed by atoms with Crippen LogP contribution in [0.3, 0.4) is 0 Å². The van der Waals surface area contributed by atoms with Crippen LogP contribution in [0.25, 0.3) is 0 Å². The van der Waals surface area contributed by atoms with E-state index in [0.717, 1.165) is 12.3 Å². The van der Waals surface area contributed by atoms with E-state index in [1.54, 1.807) is 17.0 Å². The molecule has 1 amide bonds. The molecule has 51 heavy (non-hydrogen) atoms. The summed E-state index contributed by atoms with van der Waals surface area (Å²) in [5.41, 5.74) is 0. The van der Waals surface area contributed by atoms with Gasteiger partial charge in [-0.3, -0.25) is 0 Å². The number of nitrogens with zero attached hydrogens (tertiary/aromatic N) is 1. The van der Waals surface area contributed by atoms with Crippen molar-refractivity contribution in [1.82, 2.24) is 4.90 Å². The van der Waals surface area contributed by atoms with Gasteiger partial charge in [-0.1, -0.05) is 121 Å². The molecule has 1 fully saturated rings. The Morgan fingerprint density at radius 2 is 1.04 bits per heavy atom. The third-order valence-electron chi connectivity index (χ3n) is 8.32. The predicted octanol–water partition coefficient (Wildman–Crippen LogP) is 7.67. The molecule has 1 saturated heterocycles. The van der Waals surface area contributed by atoms with Crippen molar-refractivity contribution in [2.45, 2.75) is 45.7 Å². The topological polar surface area (TPSA) is 48.0 Å². The summed E-state index contributed by atoms with van der Waals surface area (Å²) in [7, 11) is -1.12. The quantitative estimate of drug-likeness (QED) is 0.0697. The van der Waals surface area contributed by atoms with E-state index in [9.17, 15) is 4.79 Å². The molecule has 6 rings (SSSR count). The number of carbonyl (C=O) groups excluding carboxylic acids is 1. The molecule has 8 heteroatoms. The van der Waals surface area contributed by atoms with Gasteiger partial charge in [0.1, 0.15) is 5.91 Å². The Kier molecular flexibility index (Phi) is 16.4. The van der Waals surface area contributed by atoms with Gasteiger partial charge in [-0.05, 0) is 70.5 Å². The van der Waals surface area contributed by atoms with Crippen LogP contribution < -0.4 is 26.0 Å². The molecule has 0 bridgehead atoms. The summed E-state index contributed by atoms with van der Waals surface area (Å²) in [5, 5.41) is 5.53. The van der Waals surface area contributed by atoms with Gasteiger partial charge in [0.2, 0.25) is 0 Å². The molecule has 5 aromatic rings. The number of ether oxygens (including phenoxy) is 3. The van der Waals surface area contributed by atoms with Crippen molar-refractivity contribution in [1.29, 1.82) is 0 Å². The minimum atomic E-state index is -0.585. The number of benzene rings is 5. The average molecular weight is 810 g/mol. The maximum atomic E-state index is 11.5. The summed E-state index contributed by atoms with van der Waals surface area (Å²) in [5.74, 6) is -0.145. The predicted molar refractivity (Wildman–Crippen MR) is 210 cm³/mol. The molecule has 1 aliphatic rings. The van der Waals surface area contributed by atoms with Crippen LogP contribution in [-0.2, 0) is 34.7 Å². The zero-order valence-corrected chi connectivity index (χ0v) is 33.1. The van der Waals surface area contributed by atoms with Crippen molar-refractivity contribution in [3.8, 4) is 5.75 Å². The standard InChI is InChI=1S/C31H32O2P2.C12H15NO2.Pd/c1-31(2)32-29(23-34(25-15-7-3-8-16-25)26-17-9-4-10-18-26)30(33-31)24-35(27-19-11-5-12-20-27)28-21-13-6-14-22-28;1-3-13(4-2)12(14)10-15-11-8-6-5-7-9-11;/h3-22,29-30H,23-24H2,1-2H3;5-8,10H,3-4H2,1-2H3;/q;-2;+2/t29-,30-;;/m1../s1. The summed E-state index contributed by atoms with van der Waals surface area (Å²) in [4.78, 5) is 13.2. The smallest absolute Gasteiger partial charge is 0.652 e. The first kappa shape index (κ1) is 40.5. The second-order valence-corrected chi connectivity index (χ2v) is 16.8. The first-order chi connectivity index (χ1) is 24.4. The maximum absolute atomic E-state index is 11.5. The molecule has 0 unspecified atom stereocenters. The van der Waals surface area contributed by atoms with Gasteiger partial charge in [-0.2, -0.15) is 18.2 Å². The summed E-state index contributed by atoms with van der Waals surface area (Å²) < 4.78 is 18.4. The third-order valence-corrected chi connectivity index (χ3v) is 13.5. The Hall–Kier alpha value is -3.32. The van der Waals surface area contributed by atoms with Crippen molar-refractivity contribution in [3.05, 3.63) is 158 Å². The summed E-state index contributed by atoms with van der Waals surface area (Å²) in [6.07, 6.45) is 1.97. The number of carbonyl (C=O) groups is 1. The zero-order chi connectivity index (χ0) is 35.2. The van der Waals surface area contributed by atoms with Gasteiger partial charge in [0, 0.05) is 25.4 Å². The van der Waals surface area contributed by atoms with E-state index in [1.807, 2.05) is 26.0 Å². The van der Waals surface area contributed by atoms with E-state index in [1.165, 1.54) is 27.8 Å². The molecule has 2 atom stereocenters. The van der Waals surface area contributed by atoms with E-state index in [-0.39, 0.29) is 38.5 Å². The molecule has 0 aromatic heterocycles. The molecule has 0 N–H and O–H groups in total. The number of amides is 1. The number of para-hydroxylation sites is 1. The number of hydrogen-bond acceptors (Lipinski definition) is 4. The van der Waals surface area contributed by atoms with Gasteiger partial charge < -0.3 is 23.9 Å². The van der Waals surface area contributed by atoms with E-state index in [4.69, 9.17) is 14.2 Å². The van der Waals surface area contributed by atoms with Crippen LogP contribution in [-0.4, -0.2) is 54.2 Å². The van der Waals surface area contributed by atoms with Crippen molar-refractivity contribution < 1.29 is 39.4 Å². The van der Waals surface area contributed by atoms with E-state index >= 15 is 0 Å². The van der Waals surface area contributed by atoms with Gasteiger partial charge >= 0.3 is 20.4 Å². The fourth-order valence-corrected chi connectivity index (χ4v) is 10.8. The molecule has 0 aliphatic carbocycles. The third kappa shape index (κ3) is 12.1. The van der Waals surface area contributed by atoms with Gasteiger partial charge in [-0.25, -0.2) is 0 Å². The molecular weight excluding hydrogens is 763 g/mol. The van der Waals surface area contributed by atoms with Crippen LogP contribution >= 0.6 is 15.8 Å². The maximum Gasteiger partial charge on any atom is 2.00 e. The second-order valence-electron chi connectivity index (χ2n) is 12.2. The number of rotatable bonds is 13. The van der Waals surface area contributed by atoms with E-state index in [2.05, 4.69) is 141 Å². The molecule has 5 aromatic carbocycles. The second kappa shape index (κ2) is 20.7. The fraction of sp³-hybridized carbons (Fsp3) is 0.256. The van der Waals surface area contributed by atoms with Crippen LogP contribution in [0, 0.1) is 12.7 Å². The van der Waals surface area contributed by atoms with Gasteiger partial charge in [0.25, 0.3) is 0 Å². The summed E-state index contributed by atoms with van der Waals surface area (Å²) in [6.45, 7) is 10.6. The Labute approximate surface area is 320 Å². The van der Waals surface area contributed by atoms with Crippen molar-refractivity contribution in [3.63, 3.8) is 0 Å². The van der Waals surface area contributed by atoms with Crippen molar-refractivity contribution >= 4 is 43.0 Å². The Bertz CT molecular complexity index is 1520. The van der Waals surface area contributed by atoms with Gasteiger partial charge in [0.05, 0.1) is 12.2 Å². The molecule has 1 aliphatic heterocycles. The minimum Gasteiger partial charge on any atom is -0.652 e. The number of hydrogen-bond donors (Lipinski definition) is 0. The van der Waals surface area contributed by atoms with Crippen molar-refractivity contribution in [2.24, 2.45) is 0 Å². The van der Waals surface area contributed by atoms with Crippen LogP contribution in [0.1, 0.15) is 27.7 Å². The summed E-state index contributed by atoms with van der Waals surface area (Å²) in [6, 6.07) is 53.7. The van der Waals surface area contributed by atoms with Crippen LogP contribution in [0.2, 0.25) is 0 Å². The molecular formula is C43H47NO4P2Pd. The first-order valence-corrected chi connectivity index (χ1v) is 20.3.